The van der Waals surface area contributed by atoms with Crippen LogP contribution >= 0.6 is 20.8 Å². The first-order chi connectivity index (χ1) is 6.92. The molecule has 1 aromatic rings. The van der Waals surface area contributed by atoms with Gasteiger partial charge in [0.2, 0.25) is 0 Å². The fraction of sp³-hybridized carbons (Fsp3) is 0.125. The van der Waals surface area contributed by atoms with E-state index in [9.17, 15) is 4.79 Å². The molecule has 74 valence electrons. The molecule has 0 aliphatic carbocycles. The van der Waals surface area contributed by atoms with Crippen molar-refractivity contribution in [3.05, 3.63) is 30.3 Å². The van der Waals surface area contributed by atoms with E-state index in [1.807, 2.05) is 39.6 Å². The maximum atomic E-state index is 10.2. The van der Waals surface area contributed by atoms with E-state index in [1.165, 1.54) is 11.9 Å². The van der Waals surface area contributed by atoms with Gasteiger partial charge in [0, 0.05) is 0 Å². The summed E-state index contributed by atoms with van der Waals surface area (Å²) >= 11 is 1.51. The van der Waals surface area contributed by atoms with Crippen molar-refractivity contribution in [3.8, 4) is 0 Å². The highest BCUT2D eigenvalue weighted by atomic mass is 32.2. The number of hydrogen-bond acceptors (Lipinski definition) is 5. The normalized spacial score (nSPS) is 18.1. The molecule has 1 fully saturated rings. The number of nitrogens with one attached hydrogen (secondary N) is 1. The van der Waals surface area contributed by atoms with Crippen LogP contribution in [0, 0.1) is 0 Å². The van der Waals surface area contributed by atoms with Gasteiger partial charge in [-0.1, -0.05) is 18.2 Å². The van der Waals surface area contributed by atoms with Gasteiger partial charge in [-0.25, -0.2) is 5.12 Å². The quantitative estimate of drug-likeness (QED) is 0.480. The van der Waals surface area contributed by atoms with Crippen LogP contribution in [0.1, 0.15) is 0 Å². The van der Waals surface area contributed by atoms with Crippen LogP contribution in [-0.4, -0.2) is 16.2 Å². The van der Waals surface area contributed by atoms with E-state index in [0.717, 1.165) is 12.0 Å². The van der Waals surface area contributed by atoms with Crippen molar-refractivity contribution in [2.45, 2.75) is 0 Å². The first kappa shape index (κ1) is 9.93. The van der Waals surface area contributed by atoms with E-state index in [0.29, 0.717) is 14.6 Å². The van der Waals surface area contributed by atoms with Gasteiger partial charge in [0.25, 0.3) is 0 Å². The third-order valence-corrected chi connectivity index (χ3v) is 3.76. The second-order valence-electron chi connectivity index (χ2n) is 2.61. The van der Waals surface area contributed by atoms with Crippen LogP contribution in [0.3, 0.4) is 0 Å². The number of anilines is 1. The molecule has 0 amide bonds. The van der Waals surface area contributed by atoms with Gasteiger partial charge < -0.3 is 4.79 Å². The maximum Gasteiger partial charge on any atom is 0.131 e. The van der Waals surface area contributed by atoms with E-state index < -0.39 is 0 Å². The van der Waals surface area contributed by atoms with E-state index >= 15 is 0 Å². The largest absolute Gasteiger partial charge is 0.302 e. The Bertz CT molecular complexity index is 311. The van der Waals surface area contributed by atoms with Crippen LogP contribution < -0.4 is 10.3 Å². The van der Waals surface area contributed by atoms with E-state index in [4.69, 9.17) is 0 Å². The molecule has 1 saturated heterocycles. The summed E-state index contributed by atoms with van der Waals surface area (Å²) in [6, 6.07) is 9.99. The van der Waals surface area contributed by atoms with Crippen LogP contribution in [0.5, 0.6) is 0 Å². The summed E-state index contributed by atoms with van der Waals surface area (Å²) in [7, 11) is 0.541. The molecule has 1 atom stereocenters. The Morgan fingerprint density at radius 3 is 2.79 bits per heavy atom. The van der Waals surface area contributed by atoms with E-state index in [-0.39, 0.29) is 0 Å². The number of rotatable bonds is 4. The minimum Gasteiger partial charge on any atom is -0.302 e. The molecular formula is C8H10N3OPS. The van der Waals surface area contributed by atoms with Crippen molar-refractivity contribution in [2.75, 3.05) is 10.9 Å². The van der Waals surface area contributed by atoms with Crippen molar-refractivity contribution in [3.63, 3.8) is 0 Å². The summed E-state index contributed by atoms with van der Waals surface area (Å²) in [6.45, 7) is 0. The zero-order chi connectivity index (χ0) is 9.80. The second kappa shape index (κ2) is 4.75. The zero-order valence-corrected chi connectivity index (χ0v) is 9.20. The Morgan fingerprint density at radius 1 is 1.43 bits per heavy atom. The van der Waals surface area contributed by atoms with Gasteiger partial charge in [0.15, 0.2) is 0 Å². The molecule has 1 aliphatic rings. The summed E-state index contributed by atoms with van der Waals surface area (Å²) in [5.41, 5.74) is 1.09. The number of carbonyl (C=O) groups excluding carboxylic acids is 1. The molecule has 4 nitrogen and oxygen atoms in total. The van der Waals surface area contributed by atoms with Gasteiger partial charge in [-0.3, -0.25) is 0 Å². The molecule has 0 saturated carbocycles. The molecule has 0 radical (unpaired) electrons. The van der Waals surface area contributed by atoms with Crippen molar-refractivity contribution in [2.24, 2.45) is 0 Å². The highest BCUT2D eigenvalue weighted by Crippen LogP contribution is 2.38. The molecule has 6 heteroatoms. The summed E-state index contributed by atoms with van der Waals surface area (Å²) < 4.78 is 2.03. The first-order valence-corrected chi connectivity index (χ1v) is 6.04. The topological polar surface area (TPSA) is 35.6 Å². The highest BCUT2D eigenvalue weighted by molar-refractivity contribution is 8.01. The molecule has 0 aromatic heterocycles. The molecule has 2 rings (SSSR count). The minimum atomic E-state index is 0.498. The van der Waals surface area contributed by atoms with Crippen LogP contribution in [-0.2, 0) is 4.79 Å². The van der Waals surface area contributed by atoms with Crippen LogP contribution in [0.4, 0.5) is 5.69 Å². The maximum absolute atomic E-state index is 10.2. The summed E-state index contributed by atoms with van der Waals surface area (Å²) in [4.78, 5) is 10.2. The number of aldehydes is 1. The Morgan fingerprint density at radius 2 is 2.21 bits per heavy atom. The van der Waals surface area contributed by atoms with Crippen molar-refractivity contribution >= 4 is 32.8 Å². The van der Waals surface area contributed by atoms with Crippen molar-refractivity contribution in [1.29, 1.82) is 0 Å². The Balaban J connectivity index is 1.96. The lowest BCUT2D eigenvalue weighted by Crippen LogP contribution is -2.51. The predicted octanol–water partition coefficient (Wildman–Crippen LogP) is 1.58. The molecule has 1 aliphatic heterocycles. The predicted molar refractivity (Wildman–Crippen MR) is 60.7 cm³/mol. The fourth-order valence-corrected chi connectivity index (χ4v) is 2.74. The highest BCUT2D eigenvalue weighted by Gasteiger charge is 2.25. The molecule has 14 heavy (non-hydrogen) atoms. The zero-order valence-electron chi connectivity index (χ0n) is 7.38. The Labute approximate surface area is 88.6 Å². The average molecular weight is 227 g/mol. The van der Waals surface area contributed by atoms with Crippen LogP contribution in [0.2, 0.25) is 0 Å². The third-order valence-electron chi connectivity index (χ3n) is 1.70. The van der Waals surface area contributed by atoms with Gasteiger partial charge in [0.05, 0.1) is 20.3 Å². The molecule has 1 N–H and O–H groups in total. The van der Waals surface area contributed by atoms with Gasteiger partial charge in [-0.2, -0.15) is 5.20 Å². The minimum absolute atomic E-state index is 0.498. The number of benzene rings is 1. The summed E-state index contributed by atoms with van der Waals surface area (Å²) in [5, 5.41) is 5.11. The SMILES string of the molecule is O=CCSN1PNN1c1ccccc1. The number of para-hydroxylation sites is 1. The van der Waals surface area contributed by atoms with Gasteiger partial charge >= 0.3 is 0 Å². The number of carbonyl (C=O) groups is 1. The molecule has 0 bridgehead atoms. The van der Waals surface area contributed by atoms with Gasteiger partial charge in [-0.05, 0) is 24.1 Å². The average Bonchev–Trinajstić information content (AvgIpc) is 2.18. The molecular weight excluding hydrogens is 217 g/mol. The number of hydrazine groups is 2. The van der Waals surface area contributed by atoms with Crippen LogP contribution in [0.25, 0.3) is 0 Å². The van der Waals surface area contributed by atoms with Crippen molar-refractivity contribution < 1.29 is 4.79 Å². The van der Waals surface area contributed by atoms with Gasteiger partial charge in [-0.15, -0.1) is 4.18 Å². The number of hydrogen-bond donors (Lipinski definition) is 1. The van der Waals surface area contributed by atoms with E-state index in [1.54, 1.807) is 0 Å². The summed E-state index contributed by atoms with van der Waals surface area (Å²) in [5.74, 6) is 0.498. The molecule has 1 heterocycles. The Kier molecular flexibility index (Phi) is 3.37. The Hall–Kier alpha value is -0.610. The lowest BCUT2D eigenvalue weighted by atomic mass is 10.3. The molecule has 0 spiro atoms. The molecule has 1 unspecified atom stereocenters. The lowest BCUT2D eigenvalue weighted by molar-refractivity contribution is -0.105. The van der Waals surface area contributed by atoms with E-state index in [2.05, 4.69) is 5.20 Å². The second-order valence-corrected chi connectivity index (χ2v) is 4.74. The number of nitrogens with zero attached hydrogens (tertiary/aromatic N) is 2. The molecule has 1 aromatic carbocycles. The first-order valence-electron chi connectivity index (χ1n) is 4.15. The smallest absolute Gasteiger partial charge is 0.131 e. The lowest BCUT2D eigenvalue weighted by Gasteiger charge is -2.43. The van der Waals surface area contributed by atoms with Gasteiger partial charge in [0.1, 0.15) is 6.29 Å². The van der Waals surface area contributed by atoms with Crippen LogP contribution in [0.15, 0.2) is 30.3 Å². The van der Waals surface area contributed by atoms with Crippen molar-refractivity contribution in [1.82, 2.24) is 9.38 Å². The monoisotopic (exact) mass is 227 g/mol. The fourth-order valence-electron chi connectivity index (χ4n) is 1.07. The third kappa shape index (κ3) is 2.07. The standard InChI is InChI=1S/C8H10N3OPS/c12-6-7-14-11-10(9-13-11)8-4-2-1-3-5-8/h1-6,9,13H,7H2. The summed E-state index contributed by atoms with van der Waals surface area (Å²) in [6.07, 6.45) is 0.913.